The number of ketones is 1. The van der Waals surface area contributed by atoms with Crippen LogP contribution in [0.25, 0.3) is 0 Å². The van der Waals surface area contributed by atoms with Crippen LogP contribution in [0, 0.1) is 11.8 Å². The van der Waals surface area contributed by atoms with E-state index in [0.717, 1.165) is 32.1 Å². The zero-order valence-corrected chi connectivity index (χ0v) is 18.4. The van der Waals surface area contributed by atoms with Crippen LogP contribution in [-0.4, -0.2) is 43.1 Å². The van der Waals surface area contributed by atoms with Crippen molar-refractivity contribution in [1.29, 1.82) is 0 Å². The number of Topliss-reactive ketones (excluding diaryl/α,β-unsaturated/α-hetero) is 1. The summed E-state index contributed by atoms with van der Waals surface area (Å²) in [5.41, 5.74) is 0. The average Bonchev–Trinajstić information content (AvgIpc) is 2.77. The molecule has 0 heterocycles. The maximum Gasteiger partial charge on any atom is 0.289 e. The van der Waals surface area contributed by atoms with Gasteiger partial charge < -0.3 is 16.0 Å². The van der Waals surface area contributed by atoms with Crippen molar-refractivity contribution in [2.45, 2.75) is 83.6 Å². The SMILES string of the molecule is C=CCNC(=O)C(=O)C(CCCC)NC(=O)C(CCCNC=O)CC1CCCCC1. The lowest BCUT2D eigenvalue weighted by Crippen LogP contribution is -2.49. The van der Waals surface area contributed by atoms with Gasteiger partial charge in [0.05, 0.1) is 6.04 Å². The van der Waals surface area contributed by atoms with Crippen molar-refractivity contribution >= 4 is 24.0 Å². The molecule has 0 bridgehead atoms. The van der Waals surface area contributed by atoms with Gasteiger partial charge in [-0.25, -0.2) is 0 Å². The van der Waals surface area contributed by atoms with Gasteiger partial charge in [0.2, 0.25) is 18.1 Å². The number of carbonyl (C=O) groups is 4. The molecule has 2 atom stereocenters. The molecular formula is C23H39N3O4. The first kappa shape index (κ1) is 25.9. The molecule has 0 aromatic rings. The van der Waals surface area contributed by atoms with E-state index in [1.54, 1.807) is 0 Å². The topological polar surface area (TPSA) is 104 Å². The maximum atomic E-state index is 13.1. The number of rotatable bonds is 16. The van der Waals surface area contributed by atoms with E-state index in [2.05, 4.69) is 22.5 Å². The minimum absolute atomic E-state index is 0.155. The van der Waals surface area contributed by atoms with E-state index >= 15 is 0 Å². The molecule has 7 heteroatoms. The second-order valence-electron chi connectivity index (χ2n) is 8.22. The summed E-state index contributed by atoms with van der Waals surface area (Å²) in [6.45, 7) is 6.28. The number of carbonyl (C=O) groups excluding carboxylic acids is 4. The first-order valence-corrected chi connectivity index (χ1v) is 11.4. The summed E-state index contributed by atoms with van der Waals surface area (Å²) in [6.07, 6.45) is 12.3. The van der Waals surface area contributed by atoms with Gasteiger partial charge >= 0.3 is 0 Å². The third kappa shape index (κ3) is 10.0. The molecule has 1 aliphatic carbocycles. The molecule has 0 aliphatic heterocycles. The van der Waals surface area contributed by atoms with Crippen LogP contribution in [0.5, 0.6) is 0 Å². The Labute approximate surface area is 180 Å². The summed E-state index contributed by atoms with van der Waals surface area (Å²) in [6, 6.07) is -0.802. The van der Waals surface area contributed by atoms with Crippen molar-refractivity contribution in [3.8, 4) is 0 Å². The molecule has 1 saturated carbocycles. The summed E-state index contributed by atoms with van der Waals surface area (Å²) in [4.78, 5) is 48.3. The van der Waals surface area contributed by atoms with E-state index < -0.39 is 17.7 Å². The molecule has 0 radical (unpaired) electrons. The Morgan fingerprint density at radius 3 is 2.47 bits per heavy atom. The molecule has 1 rings (SSSR count). The molecule has 7 nitrogen and oxygen atoms in total. The number of unbranched alkanes of at least 4 members (excludes halogenated alkanes) is 1. The number of nitrogens with one attached hydrogen (secondary N) is 3. The third-order valence-electron chi connectivity index (χ3n) is 5.78. The van der Waals surface area contributed by atoms with Crippen LogP contribution >= 0.6 is 0 Å². The molecule has 0 aromatic heterocycles. The lowest BCUT2D eigenvalue weighted by Gasteiger charge is -2.27. The summed E-state index contributed by atoms with van der Waals surface area (Å²) in [5, 5.41) is 8.02. The average molecular weight is 422 g/mol. The van der Waals surface area contributed by atoms with Gasteiger partial charge in [-0.1, -0.05) is 57.9 Å². The van der Waals surface area contributed by atoms with Gasteiger partial charge in [0.25, 0.3) is 5.91 Å². The summed E-state index contributed by atoms with van der Waals surface area (Å²) < 4.78 is 0. The Hall–Kier alpha value is -2.18. The van der Waals surface area contributed by atoms with Crippen LogP contribution < -0.4 is 16.0 Å². The minimum atomic E-state index is -0.802. The van der Waals surface area contributed by atoms with Gasteiger partial charge in [-0.05, 0) is 31.6 Å². The Kier molecular flexibility index (Phi) is 13.5. The molecule has 0 spiro atoms. The van der Waals surface area contributed by atoms with Crippen molar-refractivity contribution in [2.24, 2.45) is 11.8 Å². The van der Waals surface area contributed by atoms with Crippen LogP contribution in [0.1, 0.15) is 77.6 Å². The van der Waals surface area contributed by atoms with Crippen LogP contribution in [-0.2, 0) is 19.2 Å². The monoisotopic (exact) mass is 421 g/mol. The molecule has 30 heavy (non-hydrogen) atoms. The standard InChI is InChI=1S/C23H39N3O4/c1-3-5-13-20(21(28)23(30)25-14-4-2)26-22(29)19(12-9-15-24-17-27)16-18-10-7-6-8-11-18/h4,17-20H,2-3,5-16H2,1H3,(H,24,27)(H,25,30)(H,26,29). The summed E-state index contributed by atoms with van der Waals surface area (Å²) in [7, 11) is 0. The highest BCUT2D eigenvalue weighted by Gasteiger charge is 2.30. The molecule has 1 fully saturated rings. The van der Waals surface area contributed by atoms with Gasteiger partial charge in [-0.3, -0.25) is 19.2 Å². The van der Waals surface area contributed by atoms with Gasteiger partial charge in [-0.15, -0.1) is 6.58 Å². The Morgan fingerprint density at radius 2 is 1.83 bits per heavy atom. The Morgan fingerprint density at radius 1 is 1.10 bits per heavy atom. The number of amides is 3. The van der Waals surface area contributed by atoms with Crippen LogP contribution in [0.15, 0.2) is 12.7 Å². The number of hydrogen-bond donors (Lipinski definition) is 3. The zero-order chi connectivity index (χ0) is 22.2. The van der Waals surface area contributed by atoms with Crippen LogP contribution in [0.2, 0.25) is 0 Å². The second-order valence-corrected chi connectivity index (χ2v) is 8.22. The highest BCUT2D eigenvalue weighted by atomic mass is 16.2. The Bertz CT molecular complexity index is 559. The maximum absolute atomic E-state index is 13.1. The lowest BCUT2D eigenvalue weighted by molar-refractivity contribution is -0.140. The first-order valence-electron chi connectivity index (χ1n) is 11.4. The van der Waals surface area contributed by atoms with Crippen molar-refractivity contribution in [2.75, 3.05) is 13.1 Å². The molecule has 3 N–H and O–H groups in total. The largest absolute Gasteiger partial charge is 0.359 e. The zero-order valence-electron chi connectivity index (χ0n) is 18.4. The molecule has 0 saturated heterocycles. The molecule has 3 amide bonds. The third-order valence-corrected chi connectivity index (χ3v) is 5.78. The molecule has 170 valence electrons. The van der Waals surface area contributed by atoms with Crippen molar-refractivity contribution in [1.82, 2.24) is 16.0 Å². The van der Waals surface area contributed by atoms with E-state index in [1.807, 2.05) is 6.92 Å². The van der Waals surface area contributed by atoms with Gasteiger partial charge in [-0.2, -0.15) is 0 Å². The lowest BCUT2D eigenvalue weighted by atomic mass is 9.81. The van der Waals surface area contributed by atoms with Gasteiger partial charge in [0, 0.05) is 19.0 Å². The molecular weight excluding hydrogens is 382 g/mol. The minimum Gasteiger partial charge on any atom is -0.359 e. The summed E-state index contributed by atoms with van der Waals surface area (Å²) in [5.74, 6) is -1.13. The van der Waals surface area contributed by atoms with Gasteiger partial charge in [0.1, 0.15) is 0 Å². The van der Waals surface area contributed by atoms with Crippen molar-refractivity contribution in [3.05, 3.63) is 12.7 Å². The van der Waals surface area contributed by atoms with E-state index in [-0.39, 0.29) is 18.4 Å². The van der Waals surface area contributed by atoms with Gasteiger partial charge in [0.15, 0.2) is 0 Å². The molecule has 2 unspecified atom stereocenters. The van der Waals surface area contributed by atoms with E-state index in [0.29, 0.717) is 38.1 Å². The summed E-state index contributed by atoms with van der Waals surface area (Å²) >= 11 is 0. The smallest absolute Gasteiger partial charge is 0.289 e. The van der Waals surface area contributed by atoms with E-state index in [4.69, 9.17) is 0 Å². The molecule has 0 aromatic carbocycles. The second kappa shape index (κ2) is 15.6. The van der Waals surface area contributed by atoms with E-state index in [1.165, 1.54) is 25.3 Å². The molecule has 1 aliphatic rings. The predicted octanol–water partition coefficient (Wildman–Crippen LogP) is 2.65. The first-order chi connectivity index (χ1) is 14.5. The highest BCUT2D eigenvalue weighted by Crippen LogP contribution is 2.30. The van der Waals surface area contributed by atoms with Crippen molar-refractivity contribution < 1.29 is 19.2 Å². The predicted molar refractivity (Wildman–Crippen MR) is 118 cm³/mol. The van der Waals surface area contributed by atoms with Crippen LogP contribution in [0.3, 0.4) is 0 Å². The number of hydrogen-bond acceptors (Lipinski definition) is 4. The fourth-order valence-electron chi connectivity index (χ4n) is 4.07. The normalized spacial score (nSPS) is 16.2. The fourth-order valence-corrected chi connectivity index (χ4v) is 4.07. The van der Waals surface area contributed by atoms with Crippen LogP contribution in [0.4, 0.5) is 0 Å². The highest BCUT2D eigenvalue weighted by molar-refractivity contribution is 6.38. The Balaban J connectivity index is 2.78. The fraction of sp³-hybridized carbons (Fsp3) is 0.739. The van der Waals surface area contributed by atoms with Crippen molar-refractivity contribution in [3.63, 3.8) is 0 Å². The quantitative estimate of drug-likeness (QED) is 0.154. The van der Waals surface area contributed by atoms with E-state index in [9.17, 15) is 19.2 Å².